The fraction of sp³-hybridized carbons (Fsp3) is 0.0714. The molecule has 3 nitrogen and oxygen atoms in total. The van der Waals surface area contributed by atoms with Gasteiger partial charge in [-0.3, -0.25) is 0 Å². The molecular formula is C14H10BrClO3. The quantitative estimate of drug-likeness (QED) is 0.464. The predicted molar refractivity (Wildman–Crippen MR) is 77.3 cm³/mol. The standard InChI is InChI=1S/C14H10BrClO3/c1-9-7-10(15)8-12(16)14(9)19-13(17)5-4-11-3-2-6-18-11/h2-8H,1H3/b5-4+. The van der Waals surface area contributed by atoms with Crippen LogP contribution in [0.15, 0.2) is 45.5 Å². The Hall–Kier alpha value is -1.52. The van der Waals surface area contributed by atoms with Gasteiger partial charge in [-0.25, -0.2) is 4.79 Å². The third kappa shape index (κ3) is 3.72. The lowest BCUT2D eigenvalue weighted by atomic mass is 10.2. The number of halogens is 2. The highest BCUT2D eigenvalue weighted by Gasteiger charge is 2.10. The second kappa shape index (κ2) is 6.08. The number of ether oxygens (including phenoxy) is 1. The summed E-state index contributed by atoms with van der Waals surface area (Å²) in [7, 11) is 0. The minimum atomic E-state index is -0.510. The lowest BCUT2D eigenvalue weighted by molar-refractivity contribution is -0.128. The first-order chi connectivity index (χ1) is 9.06. The van der Waals surface area contributed by atoms with Gasteiger partial charge in [0.1, 0.15) is 5.76 Å². The number of benzene rings is 1. The minimum Gasteiger partial charge on any atom is -0.465 e. The Labute approximate surface area is 123 Å². The van der Waals surface area contributed by atoms with Gasteiger partial charge in [0.25, 0.3) is 0 Å². The largest absolute Gasteiger partial charge is 0.465 e. The monoisotopic (exact) mass is 340 g/mol. The molecule has 0 spiro atoms. The van der Waals surface area contributed by atoms with Crippen LogP contribution < -0.4 is 4.74 Å². The van der Waals surface area contributed by atoms with Crippen molar-refractivity contribution in [3.63, 3.8) is 0 Å². The number of furan rings is 1. The summed E-state index contributed by atoms with van der Waals surface area (Å²) in [6, 6.07) is 6.97. The molecular weight excluding hydrogens is 332 g/mol. The average molecular weight is 342 g/mol. The topological polar surface area (TPSA) is 39.4 Å². The summed E-state index contributed by atoms with van der Waals surface area (Å²) in [6.45, 7) is 1.81. The maximum Gasteiger partial charge on any atom is 0.336 e. The van der Waals surface area contributed by atoms with E-state index >= 15 is 0 Å². The molecule has 0 aliphatic carbocycles. The molecule has 0 fully saturated rings. The van der Waals surface area contributed by atoms with Crippen molar-refractivity contribution in [2.45, 2.75) is 6.92 Å². The molecule has 0 atom stereocenters. The molecule has 1 aromatic carbocycles. The van der Waals surface area contributed by atoms with Gasteiger partial charge in [0.15, 0.2) is 5.75 Å². The van der Waals surface area contributed by atoms with Crippen molar-refractivity contribution in [1.82, 2.24) is 0 Å². The predicted octanol–water partition coefficient (Wildman–Crippen LogP) is 4.62. The maximum absolute atomic E-state index is 11.7. The van der Waals surface area contributed by atoms with Gasteiger partial charge < -0.3 is 9.15 Å². The normalized spacial score (nSPS) is 10.9. The molecule has 2 aromatic rings. The van der Waals surface area contributed by atoms with Crippen LogP contribution in [0.2, 0.25) is 5.02 Å². The van der Waals surface area contributed by atoms with Crippen LogP contribution >= 0.6 is 27.5 Å². The summed E-state index contributed by atoms with van der Waals surface area (Å²) in [5, 5.41) is 0.381. The number of hydrogen-bond donors (Lipinski definition) is 0. The van der Waals surface area contributed by atoms with Gasteiger partial charge in [-0.15, -0.1) is 0 Å². The van der Waals surface area contributed by atoms with Gasteiger partial charge in [0.05, 0.1) is 11.3 Å². The Morgan fingerprint density at radius 2 is 2.26 bits per heavy atom. The lowest BCUT2D eigenvalue weighted by Gasteiger charge is -2.08. The van der Waals surface area contributed by atoms with E-state index in [-0.39, 0.29) is 0 Å². The van der Waals surface area contributed by atoms with Gasteiger partial charge in [0, 0.05) is 10.5 Å². The molecule has 0 bridgehead atoms. The number of carbonyl (C=O) groups is 1. The lowest BCUT2D eigenvalue weighted by Crippen LogP contribution is -2.05. The molecule has 5 heteroatoms. The van der Waals surface area contributed by atoms with E-state index in [1.54, 1.807) is 18.2 Å². The fourth-order valence-electron chi connectivity index (χ4n) is 1.49. The van der Waals surface area contributed by atoms with Crippen molar-refractivity contribution in [2.24, 2.45) is 0 Å². The first kappa shape index (κ1) is 13.9. The van der Waals surface area contributed by atoms with Gasteiger partial charge in [-0.05, 0) is 42.8 Å². The van der Waals surface area contributed by atoms with Crippen LogP contribution in [-0.4, -0.2) is 5.97 Å². The highest BCUT2D eigenvalue weighted by Crippen LogP contribution is 2.32. The average Bonchev–Trinajstić information content (AvgIpc) is 2.84. The van der Waals surface area contributed by atoms with Crippen molar-refractivity contribution in [2.75, 3.05) is 0 Å². The first-order valence-electron chi connectivity index (χ1n) is 5.45. The number of carbonyl (C=O) groups excluding carboxylic acids is 1. The SMILES string of the molecule is Cc1cc(Br)cc(Cl)c1OC(=O)/C=C/c1ccco1. The van der Waals surface area contributed by atoms with E-state index in [1.807, 2.05) is 13.0 Å². The second-order valence-corrected chi connectivity index (χ2v) is 5.13. The van der Waals surface area contributed by atoms with Crippen molar-refractivity contribution in [1.29, 1.82) is 0 Å². The molecule has 0 saturated heterocycles. The number of esters is 1. The Morgan fingerprint density at radius 3 is 2.89 bits per heavy atom. The Morgan fingerprint density at radius 1 is 1.47 bits per heavy atom. The molecule has 0 radical (unpaired) electrons. The Bertz CT molecular complexity index is 595. The van der Waals surface area contributed by atoms with Crippen LogP contribution in [0.5, 0.6) is 5.75 Å². The van der Waals surface area contributed by atoms with Gasteiger partial charge >= 0.3 is 5.97 Å². The fourth-order valence-corrected chi connectivity index (χ4v) is 2.50. The van der Waals surface area contributed by atoms with Crippen LogP contribution in [-0.2, 0) is 4.79 Å². The van der Waals surface area contributed by atoms with Crippen LogP contribution in [0.25, 0.3) is 6.08 Å². The maximum atomic E-state index is 11.7. The Kier molecular flexibility index (Phi) is 4.45. The third-order valence-electron chi connectivity index (χ3n) is 2.32. The van der Waals surface area contributed by atoms with Crippen molar-refractivity contribution in [3.05, 3.63) is 57.4 Å². The van der Waals surface area contributed by atoms with Crippen molar-refractivity contribution in [3.8, 4) is 5.75 Å². The van der Waals surface area contributed by atoms with E-state index in [2.05, 4.69) is 15.9 Å². The number of aryl methyl sites for hydroxylation is 1. The summed E-state index contributed by atoms with van der Waals surface area (Å²) in [4.78, 5) is 11.7. The molecule has 98 valence electrons. The highest BCUT2D eigenvalue weighted by atomic mass is 79.9. The van der Waals surface area contributed by atoms with E-state index in [0.29, 0.717) is 16.5 Å². The molecule has 19 heavy (non-hydrogen) atoms. The van der Waals surface area contributed by atoms with E-state index in [1.165, 1.54) is 18.4 Å². The molecule has 0 aliphatic rings. The summed E-state index contributed by atoms with van der Waals surface area (Å²) in [6.07, 6.45) is 4.35. The highest BCUT2D eigenvalue weighted by molar-refractivity contribution is 9.10. The summed E-state index contributed by atoms with van der Waals surface area (Å²) >= 11 is 9.35. The molecule has 2 rings (SSSR count). The molecule has 0 N–H and O–H groups in total. The molecule has 0 unspecified atom stereocenters. The molecule has 1 aromatic heterocycles. The van der Waals surface area contributed by atoms with Crippen LogP contribution in [0.4, 0.5) is 0 Å². The molecule has 0 aliphatic heterocycles. The summed E-state index contributed by atoms with van der Waals surface area (Å²) in [5.41, 5.74) is 0.777. The van der Waals surface area contributed by atoms with Gasteiger partial charge in [-0.2, -0.15) is 0 Å². The van der Waals surface area contributed by atoms with Gasteiger partial charge in [-0.1, -0.05) is 27.5 Å². The van der Waals surface area contributed by atoms with E-state index in [4.69, 9.17) is 20.8 Å². The minimum absolute atomic E-state index is 0.360. The van der Waals surface area contributed by atoms with E-state index < -0.39 is 5.97 Å². The third-order valence-corrected chi connectivity index (χ3v) is 3.06. The first-order valence-corrected chi connectivity index (χ1v) is 6.62. The van der Waals surface area contributed by atoms with Crippen molar-refractivity contribution >= 4 is 39.6 Å². The summed E-state index contributed by atoms with van der Waals surface area (Å²) in [5.74, 6) is 0.429. The zero-order valence-corrected chi connectivity index (χ0v) is 12.4. The number of rotatable bonds is 3. The van der Waals surface area contributed by atoms with E-state index in [9.17, 15) is 4.79 Å². The van der Waals surface area contributed by atoms with Crippen LogP contribution in [0, 0.1) is 6.92 Å². The zero-order valence-electron chi connectivity index (χ0n) is 10.0. The second-order valence-electron chi connectivity index (χ2n) is 3.80. The van der Waals surface area contributed by atoms with Gasteiger partial charge in [0.2, 0.25) is 0 Å². The van der Waals surface area contributed by atoms with Crippen LogP contribution in [0.1, 0.15) is 11.3 Å². The molecule has 1 heterocycles. The smallest absolute Gasteiger partial charge is 0.336 e. The number of hydrogen-bond acceptors (Lipinski definition) is 3. The molecule has 0 saturated carbocycles. The molecule has 0 amide bonds. The van der Waals surface area contributed by atoms with Crippen LogP contribution in [0.3, 0.4) is 0 Å². The van der Waals surface area contributed by atoms with E-state index in [0.717, 1.165) is 10.0 Å². The summed E-state index contributed by atoms with van der Waals surface area (Å²) < 4.78 is 11.1. The Balaban J connectivity index is 2.11. The van der Waals surface area contributed by atoms with Crippen molar-refractivity contribution < 1.29 is 13.9 Å². The zero-order chi connectivity index (χ0) is 13.8.